The summed E-state index contributed by atoms with van der Waals surface area (Å²) in [7, 11) is 0. The normalized spacial score (nSPS) is 10.2. The van der Waals surface area contributed by atoms with Crippen molar-refractivity contribution in [3.05, 3.63) is 12.3 Å². The van der Waals surface area contributed by atoms with E-state index in [0.29, 0.717) is 6.42 Å². The lowest BCUT2D eigenvalue weighted by Gasteiger charge is -2.08. The standard InChI is InChI=1S/C13H23NO2/c1-5-6-7-11(4)14-13(16)9-8-12(15)10(2)3/h10H,4-9H2,1-3H3,(H,14,16). The van der Waals surface area contributed by atoms with Gasteiger partial charge in [-0.25, -0.2) is 0 Å². The average molecular weight is 225 g/mol. The van der Waals surface area contributed by atoms with E-state index in [9.17, 15) is 9.59 Å². The molecule has 16 heavy (non-hydrogen) atoms. The summed E-state index contributed by atoms with van der Waals surface area (Å²) in [6, 6.07) is 0. The summed E-state index contributed by atoms with van der Waals surface area (Å²) in [5.74, 6) is 0.0421. The number of amides is 1. The smallest absolute Gasteiger partial charge is 0.224 e. The van der Waals surface area contributed by atoms with Gasteiger partial charge in [-0.2, -0.15) is 0 Å². The molecule has 92 valence electrons. The highest BCUT2D eigenvalue weighted by atomic mass is 16.2. The van der Waals surface area contributed by atoms with Crippen molar-refractivity contribution in [3.8, 4) is 0 Å². The number of allylic oxidation sites excluding steroid dienone is 1. The fourth-order valence-electron chi connectivity index (χ4n) is 1.24. The first kappa shape index (κ1) is 14.9. The number of rotatable bonds is 8. The zero-order valence-corrected chi connectivity index (χ0v) is 10.6. The minimum Gasteiger partial charge on any atom is -0.330 e. The second-order valence-electron chi connectivity index (χ2n) is 4.38. The van der Waals surface area contributed by atoms with Crippen molar-refractivity contribution < 1.29 is 9.59 Å². The molecule has 3 nitrogen and oxygen atoms in total. The second kappa shape index (κ2) is 8.08. The van der Waals surface area contributed by atoms with Gasteiger partial charge in [0.1, 0.15) is 5.78 Å². The first-order chi connectivity index (χ1) is 7.47. The van der Waals surface area contributed by atoms with E-state index < -0.39 is 0 Å². The number of carbonyl (C=O) groups is 2. The van der Waals surface area contributed by atoms with E-state index in [0.717, 1.165) is 25.0 Å². The van der Waals surface area contributed by atoms with Crippen LogP contribution in [0.5, 0.6) is 0 Å². The van der Waals surface area contributed by atoms with Crippen LogP contribution in [0.1, 0.15) is 52.9 Å². The molecule has 0 atom stereocenters. The molecule has 0 aromatic heterocycles. The van der Waals surface area contributed by atoms with Crippen molar-refractivity contribution in [1.82, 2.24) is 5.32 Å². The molecule has 0 aliphatic rings. The highest BCUT2D eigenvalue weighted by molar-refractivity contribution is 5.86. The van der Waals surface area contributed by atoms with Crippen molar-refractivity contribution in [2.75, 3.05) is 0 Å². The zero-order chi connectivity index (χ0) is 12.6. The topological polar surface area (TPSA) is 46.2 Å². The van der Waals surface area contributed by atoms with Crippen molar-refractivity contribution in [2.45, 2.75) is 52.9 Å². The van der Waals surface area contributed by atoms with Gasteiger partial charge in [0.2, 0.25) is 5.91 Å². The van der Waals surface area contributed by atoms with Gasteiger partial charge in [0.15, 0.2) is 0 Å². The molecule has 0 heterocycles. The largest absolute Gasteiger partial charge is 0.330 e. The van der Waals surface area contributed by atoms with Gasteiger partial charge in [-0.3, -0.25) is 9.59 Å². The Morgan fingerprint density at radius 2 is 1.81 bits per heavy atom. The fourth-order valence-corrected chi connectivity index (χ4v) is 1.24. The maximum absolute atomic E-state index is 11.4. The minimum absolute atomic E-state index is 0.0103. The van der Waals surface area contributed by atoms with Gasteiger partial charge in [0.25, 0.3) is 0 Å². The molecular formula is C13H23NO2. The molecule has 1 amide bonds. The summed E-state index contributed by atoms with van der Waals surface area (Å²) < 4.78 is 0. The van der Waals surface area contributed by atoms with Crippen molar-refractivity contribution in [3.63, 3.8) is 0 Å². The van der Waals surface area contributed by atoms with E-state index in [1.54, 1.807) is 0 Å². The first-order valence-electron chi connectivity index (χ1n) is 5.97. The molecule has 0 fully saturated rings. The van der Waals surface area contributed by atoms with E-state index in [4.69, 9.17) is 0 Å². The maximum atomic E-state index is 11.4. The van der Waals surface area contributed by atoms with Crippen LogP contribution in [0.25, 0.3) is 0 Å². The molecule has 0 aliphatic carbocycles. The van der Waals surface area contributed by atoms with Crippen molar-refractivity contribution in [2.24, 2.45) is 5.92 Å². The lowest BCUT2D eigenvalue weighted by atomic mass is 10.0. The molecule has 1 N–H and O–H groups in total. The Balaban J connectivity index is 3.74. The van der Waals surface area contributed by atoms with Crippen LogP contribution in [0.15, 0.2) is 12.3 Å². The molecule has 0 radical (unpaired) electrons. The molecule has 0 rings (SSSR count). The maximum Gasteiger partial charge on any atom is 0.224 e. The Labute approximate surface area is 98.3 Å². The molecule has 0 aliphatic heterocycles. The number of carbonyl (C=O) groups excluding carboxylic acids is 2. The van der Waals surface area contributed by atoms with Gasteiger partial charge in [-0.1, -0.05) is 33.8 Å². The summed E-state index contributed by atoms with van der Waals surface area (Å²) in [4.78, 5) is 22.7. The number of ketones is 1. The van der Waals surface area contributed by atoms with Crippen molar-refractivity contribution in [1.29, 1.82) is 0 Å². The Bertz CT molecular complexity index is 257. The van der Waals surface area contributed by atoms with Gasteiger partial charge in [0.05, 0.1) is 0 Å². The summed E-state index contributed by atoms with van der Waals surface area (Å²) in [6.45, 7) is 9.57. The zero-order valence-electron chi connectivity index (χ0n) is 10.6. The van der Waals surface area contributed by atoms with E-state index in [1.807, 2.05) is 13.8 Å². The number of hydrogen-bond acceptors (Lipinski definition) is 2. The highest BCUT2D eigenvalue weighted by Gasteiger charge is 2.10. The van der Waals surface area contributed by atoms with Crippen LogP contribution in [0, 0.1) is 5.92 Å². The average Bonchev–Trinajstić information content (AvgIpc) is 2.22. The van der Waals surface area contributed by atoms with Crippen molar-refractivity contribution >= 4 is 11.7 Å². The highest BCUT2D eigenvalue weighted by Crippen LogP contribution is 2.04. The lowest BCUT2D eigenvalue weighted by molar-refractivity contribution is -0.126. The molecule has 0 saturated heterocycles. The quantitative estimate of drug-likeness (QED) is 0.690. The van der Waals surface area contributed by atoms with Crippen LogP contribution < -0.4 is 5.32 Å². The summed E-state index contributed by atoms with van der Waals surface area (Å²) in [5, 5.41) is 2.72. The third-order valence-corrected chi connectivity index (χ3v) is 2.39. The molecule has 3 heteroatoms. The molecular weight excluding hydrogens is 202 g/mol. The SMILES string of the molecule is C=C(CCCC)NC(=O)CCC(=O)C(C)C. The summed E-state index contributed by atoms with van der Waals surface area (Å²) >= 11 is 0. The number of Topliss-reactive ketones (excluding diaryl/α,β-unsaturated/α-hetero) is 1. The van der Waals surface area contributed by atoms with E-state index in [2.05, 4.69) is 18.8 Å². The van der Waals surface area contributed by atoms with Gasteiger partial charge >= 0.3 is 0 Å². The third-order valence-electron chi connectivity index (χ3n) is 2.39. The lowest BCUT2D eigenvalue weighted by Crippen LogP contribution is -2.23. The van der Waals surface area contributed by atoms with Gasteiger partial charge < -0.3 is 5.32 Å². The predicted octanol–water partition coefficient (Wildman–Crippen LogP) is 2.81. The fraction of sp³-hybridized carbons (Fsp3) is 0.692. The van der Waals surface area contributed by atoms with Crippen LogP contribution in [0.4, 0.5) is 0 Å². The Morgan fingerprint density at radius 1 is 1.19 bits per heavy atom. The predicted molar refractivity (Wildman–Crippen MR) is 65.9 cm³/mol. The summed E-state index contributed by atoms with van der Waals surface area (Å²) in [5.41, 5.74) is 0.754. The monoisotopic (exact) mass is 225 g/mol. The molecule has 0 bridgehead atoms. The number of nitrogens with one attached hydrogen (secondary N) is 1. The molecule has 0 aromatic carbocycles. The Kier molecular flexibility index (Phi) is 7.52. The first-order valence-corrected chi connectivity index (χ1v) is 5.97. The number of hydrogen-bond donors (Lipinski definition) is 1. The van der Waals surface area contributed by atoms with Crippen LogP contribution in [0.2, 0.25) is 0 Å². The minimum atomic E-state index is -0.102. The van der Waals surface area contributed by atoms with Crippen LogP contribution in [-0.4, -0.2) is 11.7 Å². The van der Waals surface area contributed by atoms with Crippen LogP contribution in [-0.2, 0) is 9.59 Å². The van der Waals surface area contributed by atoms with Crippen LogP contribution in [0.3, 0.4) is 0 Å². The Hall–Kier alpha value is -1.12. The van der Waals surface area contributed by atoms with Crippen LogP contribution >= 0.6 is 0 Å². The van der Waals surface area contributed by atoms with Gasteiger partial charge in [0, 0.05) is 24.5 Å². The molecule has 0 aromatic rings. The van der Waals surface area contributed by atoms with E-state index >= 15 is 0 Å². The van der Waals surface area contributed by atoms with Gasteiger partial charge in [-0.15, -0.1) is 0 Å². The van der Waals surface area contributed by atoms with E-state index in [-0.39, 0.29) is 24.0 Å². The van der Waals surface area contributed by atoms with E-state index in [1.165, 1.54) is 0 Å². The molecule has 0 unspecified atom stereocenters. The number of unbranched alkanes of at least 4 members (excludes halogenated alkanes) is 1. The third kappa shape index (κ3) is 7.21. The Morgan fingerprint density at radius 3 is 2.31 bits per heavy atom. The second-order valence-corrected chi connectivity index (χ2v) is 4.38. The summed E-state index contributed by atoms with van der Waals surface area (Å²) in [6.07, 6.45) is 3.53. The van der Waals surface area contributed by atoms with Gasteiger partial charge in [-0.05, 0) is 12.8 Å². The molecule has 0 spiro atoms. The molecule has 0 saturated carbocycles.